The van der Waals surface area contributed by atoms with Crippen molar-refractivity contribution < 1.29 is 23.8 Å². The number of carbonyl (C=O) groups is 2. The topological polar surface area (TPSA) is 88.8 Å². The molecule has 0 aliphatic carbocycles. The SMILES string of the molecule is COc1cc(NC(=O)c2cc(C(=O)O)co2)ccc1Cl. The Labute approximate surface area is 118 Å². The van der Waals surface area contributed by atoms with E-state index in [1.165, 1.54) is 7.11 Å². The van der Waals surface area contributed by atoms with Gasteiger partial charge in [0, 0.05) is 17.8 Å². The van der Waals surface area contributed by atoms with Gasteiger partial charge in [0.2, 0.25) is 0 Å². The van der Waals surface area contributed by atoms with Gasteiger partial charge in [0.05, 0.1) is 17.7 Å². The summed E-state index contributed by atoms with van der Waals surface area (Å²) in [5, 5.41) is 11.7. The molecule has 104 valence electrons. The van der Waals surface area contributed by atoms with Gasteiger partial charge in [0.1, 0.15) is 12.0 Å². The van der Waals surface area contributed by atoms with Crippen molar-refractivity contribution in [1.82, 2.24) is 0 Å². The van der Waals surface area contributed by atoms with E-state index < -0.39 is 11.9 Å². The molecule has 2 rings (SSSR count). The Morgan fingerprint density at radius 3 is 2.70 bits per heavy atom. The van der Waals surface area contributed by atoms with Crippen LogP contribution in [0.4, 0.5) is 5.69 Å². The number of anilines is 1. The molecule has 2 aromatic rings. The summed E-state index contributed by atoms with van der Waals surface area (Å²) < 4.78 is 9.91. The maximum atomic E-state index is 11.9. The van der Waals surface area contributed by atoms with Gasteiger partial charge >= 0.3 is 5.97 Å². The first kappa shape index (κ1) is 14.0. The highest BCUT2D eigenvalue weighted by molar-refractivity contribution is 6.32. The van der Waals surface area contributed by atoms with E-state index in [2.05, 4.69) is 5.32 Å². The molecule has 1 amide bonds. The average Bonchev–Trinajstić information content (AvgIpc) is 2.91. The first-order chi connectivity index (χ1) is 9.51. The number of nitrogens with one attached hydrogen (secondary N) is 1. The number of hydrogen-bond donors (Lipinski definition) is 2. The van der Waals surface area contributed by atoms with Gasteiger partial charge in [-0.05, 0) is 12.1 Å². The molecule has 1 aromatic heterocycles. The molecular formula is C13H10ClNO5. The molecule has 6 nitrogen and oxygen atoms in total. The first-order valence-electron chi connectivity index (χ1n) is 5.48. The van der Waals surface area contributed by atoms with Crippen molar-refractivity contribution in [3.8, 4) is 5.75 Å². The van der Waals surface area contributed by atoms with Gasteiger partial charge in [0.25, 0.3) is 5.91 Å². The van der Waals surface area contributed by atoms with E-state index in [-0.39, 0.29) is 11.3 Å². The van der Waals surface area contributed by atoms with Crippen LogP contribution in [-0.4, -0.2) is 24.1 Å². The Balaban J connectivity index is 2.16. The number of halogens is 1. The summed E-state index contributed by atoms with van der Waals surface area (Å²) in [7, 11) is 1.46. The smallest absolute Gasteiger partial charge is 0.338 e. The molecule has 2 N–H and O–H groups in total. The minimum absolute atomic E-state index is 0.0937. The third kappa shape index (κ3) is 2.92. The van der Waals surface area contributed by atoms with Crippen LogP contribution >= 0.6 is 11.6 Å². The number of benzene rings is 1. The van der Waals surface area contributed by atoms with E-state index in [4.69, 9.17) is 25.9 Å². The van der Waals surface area contributed by atoms with E-state index in [0.29, 0.717) is 16.5 Å². The average molecular weight is 296 g/mol. The van der Waals surface area contributed by atoms with Crippen LogP contribution in [0.25, 0.3) is 0 Å². The fourth-order valence-electron chi connectivity index (χ4n) is 1.50. The maximum absolute atomic E-state index is 11.9. The van der Waals surface area contributed by atoms with E-state index in [1.54, 1.807) is 18.2 Å². The van der Waals surface area contributed by atoms with Crippen molar-refractivity contribution in [2.45, 2.75) is 0 Å². The van der Waals surface area contributed by atoms with Crippen molar-refractivity contribution in [1.29, 1.82) is 0 Å². The summed E-state index contributed by atoms with van der Waals surface area (Å²) in [6.45, 7) is 0. The monoisotopic (exact) mass is 295 g/mol. The summed E-state index contributed by atoms with van der Waals surface area (Å²) in [6.07, 6.45) is 1.000. The van der Waals surface area contributed by atoms with Gasteiger partial charge in [-0.3, -0.25) is 4.79 Å². The van der Waals surface area contributed by atoms with Crippen LogP contribution < -0.4 is 10.1 Å². The molecule has 0 spiro atoms. The number of hydrogen-bond acceptors (Lipinski definition) is 4. The summed E-state index contributed by atoms with van der Waals surface area (Å²) in [5.41, 5.74) is 0.355. The standard InChI is InChI=1S/C13H10ClNO5/c1-19-10-5-8(2-3-9(10)14)15-12(16)11-4-7(6-20-11)13(17)18/h2-6H,1H3,(H,15,16)(H,17,18). The zero-order chi connectivity index (χ0) is 14.7. The molecular weight excluding hydrogens is 286 g/mol. The second kappa shape index (κ2) is 5.66. The van der Waals surface area contributed by atoms with Gasteiger partial charge in [-0.25, -0.2) is 4.79 Å². The molecule has 20 heavy (non-hydrogen) atoms. The minimum Gasteiger partial charge on any atom is -0.495 e. The van der Waals surface area contributed by atoms with Gasteiger partial charge in [0.15, 0.2) is 5.76 Å². The summed E-state index contributed by atoms with van der Waals surface area (Å²) in [5.74, 6) is -1.42. The molecule has 0 radical (unpaired) electrons. The van der Waals surface area contributed by atoms with Crippen LogP contribution in [0.5, 0.6) is 5.75 Å². The molecule has 0 saturated carbocycles. The van der Waals surface area contributed by atoms with Crippen LogP contribution in [0.3, 0.4) is 0 Å². The molecule has 0 atom stereocenters. The third-order valence-electron chi connectivity index (χ3n) is 2.48. The predicted octanol–water partition coefficient (Wildman–Crippen LogP) is 2.89. The molecule has 1 heterocycles. The number of ether oxygens (including phenoxy) is 1. The number of furan rings is 1. The van der Waals surface area contributed by atoms with Crippen molar-refractivity contribution >= 4 is 29.2 Å². The normalized spacial score (nSPS) is 10.1. The fourth-order valence-corrected chi connectivity index (χ4v) is 1.69. The van der Waals surface area contributed by atoms with Crippen molar-refractivity contribution in [3.05, 3.63) is 46.9 Å². The van der Waals surface area contributed by atoms with Crippen LogP contribution in [0.15, 0.2) is 34.9 Å². The van der Waals surface area contributed by atoms with Crippen LogP contribution in [-0.2, 0) is 0 Å². The summed E-state index contributed by atoms with van der Waals surface area (Å²) in [6, 6.07) is 5.84. The molecule has 0 fully saturated rings. The Hall–Kier alpha value is -2.47. The Bertz CT molecular complexity index is 665. The lowest BCUT2D eigenvalue weighted by Gasteiger charge is -2.07. The van der Waals surface area contributed by atoms with Gasteiger partial charge in [-0.15, -0.1) is 0 Å². The highest BCUT2D eigenvalue weighted by atomic mass is 35.5. The molecule has 0 unspecified atom stereocenters. The number of aromatic carboxylic acids is 1. The van der Waals surface area contributed by atoms with Gasteiger partial charge in [-0.1, -0.05) is 11.6 Å². The molecule has 0 aliphatic heterocycles. The Morgan fingerprint density at radius 1 is 1.35 bits per heavy atom. The Morgan fingerprint density at radius 2 is 2.10 bits per heavy atom. The van der Waals surface area contributed by atoms with E-state index in [1.807, 2.05) is 0 Å². The molecule has 7 heteroatoms. The zero-order valence-electron chi connectivity index (χ0n) is 10.3. The van der Waals surface area contributed by atoms with Crippen LogP contribution in [0, 0.1) is 0 Å². The number of carbonyl (C=O) groups excluding carboxylic acids is 1. The predicted molar refractivity (Wildman–Crippen MR) is 71.6 cm³/mol. The third-order valence-corrected chi connectivity index (χ3v) is 2.79. The minimum atomic E-state index is -1.17. The van der Waals surface area contributed by atoms with E-state index in [0.717, 1.165) is 12.3 Å². The van der Waals surface area contributed by atoms with Crippen molar-refractivity contribution in [3.63, 3.8) is 0 Å². The van der Waals surface area contributed by atoms with Gasteiger partial charge in [-0.2, -0.15) is 0 Å². The highest BCUT2D eigenvalue weighted by Crippen LogP contribution is 2.27. The molecule has 0 saturated heterocycles. The lowest BCUT2D eigenvalue weighted by atomic mass is 10.2. The van der Waals surface area contributed by atoms with Crippen molar-refractivity contribution in [2.75, 3.05) is 12.4 Å². The lowest BCUT2D eigenvalue weighted by Crippen LogP contribution is -2.11. The zero-order valence-corrected chi connectivity index (χ0v) is 11.1. The number of rotatable bonds is 4. The van der Waals surface area contributed by atoms with Gasteiger partial charge < -0.3 is 19.6 Å². The quantitative estimate of drug-likeness (QED) is 0.905. The fraction of sp³-hybridized carbons (Fsp3) is 0.0769. The largest absolute Gasteiger partial charge is 0.495 e. The number of carboxylic acids is 1. The number of methoxy groups -OCH3 is 1. The lowest BCUT2D eigenvalue weighted by molar-refractivity contribution is 0.0696. The molecule has 1 aromatic carbocycles. The highest BCUT2D eigenvalue weighted by Gasteiger charge is 2.15. The van der Waals surface area contributed by atoms with E-state index in [9.17, 15) is 9.59 Å². The number of carboxylic acid groups (broad SMARTS) is 1. The second-order valence-corrected chi connectivity index (χ2v) is 4.22. The molecule has 0 bridgehead atoms. The molecule has 0 aliphatic rings. The Kier molecular flexibility index (Phi) is 3.95. The summed E-state index contributed by atoms with van der Waals surface area (Å²) >= 11 is 5.87. The van der Waals surface area contributed by atoms with Crippen LogP contribution in [0.2, 0.25) is 5.02 Å². The van der Waals surface area contributed by atoms with Crippen molar-refractivity contribution in [2.24, 2.45) is 0 Å². The maximum Gasteiger partial charge on any atom is 0.338 e. The number of amides is 1. The summed E-state index contributed by atoms with van der Waals surface area (Å²) in [4.78, 5) is 22.6. The van der Waals surface area contributed by atoms with Crippen LogP contribution in [0.1, 0.15) is 20.9 Å². The second-order valence-electron chi connectivity index (χ2n) is 3.81. The van der Waals surface area contributed by atoms with E-state index >= 15 is 0 Å². The first-order valence-corrected chi connectivity index (χ1v) is 5.86.